The zero-order valence-corrected chi connectivity index (χ0v) is 29.6. The minimum absolute atomic E-state index is 0.0706. The molecule has 0 aromatic heterocycles. The SMILES string of the molecule is C=CCS[C@@]1(c2ccc(-c3ccccc3)cc2)C[C@@H](C(=O)NC2(C(=O)NS(=O)(=O)C3CC3)CC2C=C)N(C(=O)[C@@H](NC(=O)O)C(C)(C)C)C1. The van der Waals surface area contributed by atoms with Crippen LogP contribution in [-0.2, 0) is 29.2 Å². The lowest BCUT2D eigenvalue weighted by Gasteiger charge is -2.35. The second-order valence-electron chi connectivity index (χ2n) is 14.2. The monoisotopic (exact) mass is 708 g/mol. The molecule has 4 amide bonds. The van der Waals surface area contributed by atoms with E-state index >= 15 is 0 Å². The summed E-state index contributed by atoms with van der Waals surface area (Å²) >= 11 is 1.52. The van der Waals surface area contributed by atoms with Crippen LogP contribution in [-0.4, -0.2) is 77.4 Å². The van der Waals surface area contributed by atoms with Crippen LogP contribution in [0.4, 0.5) is 4.79 Å². The van der Waals surface area contributed by atoms with E-state index in [2.05, 4.69) is 28.5 Å². The van der Waals surface area contributed by atoms with Gasteiger partial charge in [-0.3, -0.25) is 19.1 Å². The molecule has 5 rings (SSSR count). The summed E-state index contributed by atoms with van der Waals surface area (Å²) < 4.78 is 26.7. The smallest absolute Gasteiger partial charge is 0.405 e. The van der Waals surface area contributed by atoms with Crippen molar-refractivity contribution in [3.8, 4) is 11.1 Å². The summed E-state index contributed by atoms with van der Waals surface area (Å²) in [5.41, 5.74) is 0.489. The number of benzene rings is 2. The van der Waals surface area contributed by atoms with Gasteiger partial charge in [0.1, 0.15) is 17.6 Å². The lowest BCUT2D eigenvalue weighted by molar-refractivity contribution is -0.142. The van der Waals surface area contributed by atoms with Crippen molar-refractivity contribution < 1.29 is 32.7 Å². The third-order valence-corrected chi connectivity index (χ3v) is 12.8. The molecule has 1 heterocycles. The van der Waals surface area contributed by atoms with Gasteiger partial charge in [0.15, 0.2) is 0 Å². The number of likely N-dealkylation sites (tertiary alicyclic amines) is 1. The van der Waals surface area contributed by atoms with E-state index in [1.165, 1.54) is 22.7 Å². The molecule has 4 N–H and O–H groups in total. The fourth-order valence-electron chi connectivity index (χ4n) is 6.51. The predicted octanol–water partition coefficient (Wildman–Crippen LogP) is 4.42. The van der Waals surface area contributed by atoms with Gasteiger partial charge >= 0.3 is 6.09 Å². The molecule has 3 aliphatic rings. The molecule has 2 saturated carbocycles. The number of sulfonamides is 1. The van der Waals surface area contributed by atoms with Gasteiger partial charge in [-0.25, -0.2) is 13.2 Å². The van der Waals surface area contributed by atoms with Crippen LogP contribution in [0.3, 0.4) is 0 Å². The van der Waals surface area contributed by atoms with Crippen LogP contribution < -0.4 is 15.4 Å². The summed E-state index contributed by atoms with van der Waals surface area (Å²) in [6.07, 6.45) is 3.09. The van der Waals surface area contributed by atoms with E-state index in [0.29, 0.717) is 18.6 Å². The molecule has 0 spiro atoms. The molecule has 2 unspecified atom stereocenters. The Morgan fingerprint density at radius 2 is 1.65 bits per heavy atom. The lowest BCUT2D eigenvalue weighted by atomic mass is 9.85. The van der Waals surface area contributed by atoms with Crippen molar-refractivity contribution in [1.82, 2.24) is 20.3 Å². The summed E-state index contributed by atoms with van der Waals surface area (Å²) in [7, 11) is -3.89. The molecule has 2 aromatic carbocycles. The molecular weight excluding hydrogens is 665 g/mol. The van der Waals surface area contributed by atoms with Crippen molar-refractivity contribution in [2.45, 2.75) is 74.1 Å². The summed E-state index contributed by atoms with van der Waals surface area (Å²) in [5, 5.41) is 14.2. The number of nitrogens with one attached hydrogen (secondary N) is 3. The molecule has 1 aliphatic heterocycles. The number of carbonyl (C=O) groups is 4. The van der Waals surface area contributed by atoms with E-state index in [0.717, 1.165) is 16.7 Å². The van der Waals surface area contributed by atoms with E-state index in [-0.39, 0.29) is 19.4 Å². The van der Waals surface area contributed by atoms with Crippen molar-refractivity contribution >= 4 is 45.6 Å². The molecule has 5 atom stereocenters. The summed E-state index contributed by atoms with van der Waals surface area (Å²) in [6.45, 7) is 12.9. The summed E-state index contributed by atoms with van der Waals surface area (Å²) in [4.78, 5) is 55.5. The quantitative estimate of drug-likeness (QED) is 0.223. The third-order valence-electron chi connectivity index (χ3n) is 9.54. The summed E-state index contributed by atoms with van der Waals surface area (Å²) in [6, 6.07) is 15.5. The Morgan fingerprint density at radius 3 is 2.18 bits per heavy atom. The van der Waals surface area contributed by atoms with E-state index < -0.39 is 72.8 Å². The van der Waals surface area contributed by atoms with Gasteiger partial charge in [-0.15, -0.1) is 24.9 Å². The van der Waals surface area contributed by atoms with Gasteiger partial charge in [0, 0.05) is 18.2 Å². The van der Waals surface area contributed by atoms with Crippen molar-refractivity contribution in [2.24, 2.45) is 11.3 Å². The first kappa shape index (κ1) is 36.2. The fourth-order valence-corrected chi connectivity index (χ4v) is 9.12. The molecule has 1 saturated heterocycles. The molecule has 11 nitrogen and oxygen atoms in total. The third kappa shape index (κ3) is 7.57. The largest absolute Gasteiger partial charge is 0.465 e. The number of thioether (sulfide) groups is 1. The van der Waals surface area contributed by atoms with Crippen LogP contribution >= 0.6 is 11.8 Å². The number of carboxylic acid groups (broad SMARTS) is 1. The molecule has 0 bridgehead atoms. The highest BCUT2D eigenvalue weighted by atomic mass is 32.2. The van der Waals surface area contributed by atoms with Crippen LogP contribution in [0.5, 0.6) is 0 Å². The Kier molecular flexibility index (Phi) is 10.1. The number of nitrogens with zero attached hydrogens (tertiary/aromatic N) is 1. The Morgan fingerprint density at radius 1 is 1.02 bits per heavy atom. The minimum atomic E-state index is -3.89. The van der Waals surface area contributed by atoms with Gasteiger partial charge in [-0.05, 0) is 47.8 Å². The maximum Gasteiger partial charge on any atom is 0.405 e. The normalized spacial score (nSPS) is 25.5. The van der Waals surface area contributed by atoms with Gasteiger partial charge in [-0.2, -0.15) is 0 Å². The van der Waals surface area contributed by atoms with Crippen LogP contribution in [0.2, 0.25) is 0 Å². The van der Waals surface area contributed by atoms with E-state index in [4.69, 9.17) is 0 Å². The molecule has 13 heteroatoms. The molecule has 2 aliphatic carbocycles. The van der Waals surface area contributed by atoms with Gasteiger partial charge in [0.25, 0.3) is 5.91 Å². The number of hydrogen-bond donors (Lipinski definition) is 4. The fraction of sp³-hybridized carbons (Fsp3) is 0.444. The lowest BCUT2D eigenvalue weighted by Crippen LogP contribution is -2.60. The zero-order chi connectivity index (χ0) is 35.8. The van der Waals surface area contributed by atoms with Crippen LogP contribution in [0, 0.1) is 11.3 Å². The Hall–Kier alpha value is -4.10. The van der Waals surface area contributed by atoms with Crippen molar-refractivity contribution in [3.63, 3.8) is 0 Å². The molecular formula is C36H44N4O7S2. The van der Waals surface area contributed by atoms with Crippen molar-refractivity contribution in [2.75, 3.05) is 12.3 Å². The van der Waals surface area contributed by atoms with Crippen molar-refractivity contribution in [3.05, 3.63) is 85.5 Å². The van der Waals surface area contributed by atoms with Gasteiger partial charge in [-0.1, -0.05) is 87.5 Å². The van der Waals surface area contributed by atoms with Crippen LogP contribution in [0.1, 0.15) is 52.0 Å². The number of hydrogen-bond acceptors (Lipinski definition) is 7. The Bertz CT molecular complexity index is 1740. The number of carbonyl (C=O) groups excluding carboxylic acids is 3. The number of amides is 4. The first-order valence-electron chi connectivity index (χ1n) is 16.3. The average molecular weight is 709 g/mol. The van der Waals surface area contributed by atoms with Gasteiger partial charge in [0.2, 0.25) is 21.8 Å². The first-order chi connectivity index (χ1) is 23.1. The van der Waals surface area contributed by atoms with Gasteiger partial charge in [0.05, 0.1) is 10.00 Å². The highest BCUT2D eigenvalue weighted by Crippen LogP contribution is 2.50. The van der Waals surface area contributed by atoms with E-state index in [1.54, 1.807) is 26.8 Å². The van der Waals surface area contributed by atoms with E-state index in [1.807, 2.05) is 54.6 Å². The van der Waals surface area contributed by atoms with Gasteiger partial charge < -0.3 is 20.6 Å². The topological polar surface area (TPSA) is 162 Å². The standard InChI is InChI=1S/C36H44N4O7S2/c1-6-19-48-35(26-15-13-24(14-16-26)23-11-9-8-10-12-23)21-28(40(22-35)31(42)29(34(3,4)5)37-33(44)45)30(41)38-36(20-25(36)7-2)32(43)39-49(46,47)27-17-18-27/h6-16,25,27-29,37H,1-2,17-22H2,3-5H3,(H,38,41)(H,39,43)(H,44,45)/t25?,28-,29+,35-,36?/m0/s1. The summed E-state index contributed by atoms with van der Waals surface area (Å²) in [5.74, 6) is -2.07. The van der Waals surface area contributed by atoms with Crippen LogP contribution in [0.25, 0.3) is 11.1 Å². The maximum absolute atomic E-state index is 14.4. The van der Waals surface area contributed by atoms with Crippen LogP contribution in [0.15, 0.2) is 79.9 Å². The Labute approximate surface area is 292 Å². The Balaban J connectivity index is 1.52. The molecule has 262 valence electrons. The second-order valence-corrected chi connectivity index (χ2v) is 17.5. The number of rotatable bonds is 13. The minimum Gasteiger partial charge on any atom is -0.465 e. The highest BCUT2D eigenvalue weighted by molar-refractivity contribution is 8.00. The average Bonchev–Trinajstić information content (AvgIpc) is 3.99. The first-order valence-corrected chi connectivity index (χ1v) is 18.8. The van der Waals surface area contributed by atoms with Crippen molar-refractivity contribution in [1.29, 1.82) is 0 Å². The molecule has 49 heavy (non-hydrogen) atoms. The predicted molar refractivity (Wildman–Crippen MR) is 190 cm³/mol. The second kappa shape index (κ2) is 13.7. The van der Waals surface area contributed by atoms with E-state index in [9.17, 15) is 32.7 Å². The molecule has 0 radical (unpaired) electrons. The zero-order valence-electron chi connectivity index (χ0n) is 28.0. The molecule has 2 aromatic rings. The highest BCUT2D eigenvalue weighted by Gasteiger charge is 2.62. The molecule has 3 fully saturated rings. The maximum atomic E-state index is 14.4.